The SMILES string of the molecule is CO/N=C/c1ccc(-c2c(C)cccc2NC(=O)c2c(C)cn(C)c2F)cc1Cl. The number of hydrogen-bond donors (Lipinski definition) is 1. The molecule has 1 N–H and O–H groups in total. The van der Waals surface area contributed by atoms with Crippen LogP contribution in [-0.2, 0) is 11.9 Å². The zero-order chi connectivity index (χ0) is 21.1. The molecule has 0 saturated heterocycles. The monoisotopic (exact) mass is 413 g/mol. The molecule has 0 radical (unpaired) electrons. The van der Waals surface area contributed by atoms with Gasteiger partial charge in [-0.05, 0) is 42.7 Å². The molecule has 3 aromatic rings. The first kappa shape index (κ1) is 20.6. The summed E-state index contributed by atoms with van der Waals surface area (Å²) >= 11 is 6.38. The van der Waals surface area contributed by atoms with Gasteiger partial charge in [0.1, 0.15) is 7.11 Å². The van der Waals surface area contributed by atoms with E-state index in [1.54, 1.807) is 32.3 Å². The third-order valence-corrected chi connectivity index (χ3v) is 4.96. The number of carbonyl (C=O) groups excluding carboxylic acids is 1. The molecule has 1 aromatic heterocycles. The van der Waals surface area contributed by atoms with E-state index >= 15 is 0 Å². The number of nitrogens with zero attached hydrogens (tertiary/aromatic N) is 2. The van der Waals surface area contributed by atoms with Gasteiger partial charge >= 0.3 is 0 Å². The minimum Gasteiger partial charge on any atom is -0.399 e. The Hall–Kier alpha value is -3.12. The number of halogens is 2. The standard InChI is InChI=1S/C22H21ClFN3O2/c1-13-6-5-7-18(26-22(28)20-14(2)12-27(3)21(20)24)19(13)15-8-9-16(11-25-29-4)17(23)10-15/h5-12H,1-4H3,(H,26,28)/b25-11+. The number of rotatable bonds is 5. The molecular weight excluding hydrogens is 393 g/mol. The lowest BCUT2D eigenvalue weighted by Gasteiger charge is -2.15. The largest absolute Gasteiger partial charge is 0.399 e. The first-order valence-corrected chi connectivity index (χ1v) is 9.30. The topological polar surface area (TPSA) is 55.6 Å². The van der Waals surface area contributed by atoms with Gasteiger partial charge in [0.15, 0.2) is 0 Å². The van der Waals surface area contributed by atoms with Crippen LogP contribution >= 0.6 is 11.6 Å². The normalized spacial score (nSPS) is 11.1. The molecule has 7 heteroatoms. The number of nitrogens with one attached hydrogen (secondary N) is 1. The van der Waals surface area contributed by atoms with Crippen LogP contribution in [0, 0.1) is 19.8 Å². The van der Waals surface area contributed by atoms with Gasteiger partial charge in [-0.2, -0.15) is 4.39 Å². The predicted octanol–water partition coefficient (Wildman–Crippen LogP) is 5.33. The summed E-state index contributed by atoms with van der Waals surface area (Å²) in [6.07, 6.45) is 3.11. The Bertz CT molecular complexity index is 1110. The van der Waals surface area contributed by atoms with Crippen molar-refractivity contribution >= 4 is 29.4 Å². The number of carbonyl (C=O) groups is 1. The number of oxime groups is 1. The van der Waals surface area contributed by atoms with E-state index in [9.17, 15) is 9.18 Å². The van der Waals surface area contributed by atoms with E-state index in [2.05, 4.69) is 10.5 Å². The summed E-state index contributed by atoms with van der Waals surface area (Å²) in [4.78, 5) is 17.5. The van der Waals surface area contributed by atoms with E-state index in [0.717, 1.165) is 16.7 Å². The molecule has 0 spiro atoms. The fourth-order valence-corrected chi connectivity index (χ4v) is 3.49. The van der Waals surface area contributed by atoms with Crippen molar-refractivity contribution in [2.45, 2.75) is 13.8 Å². The number of aryl methyl sites for hydroxylation is 3. The number of amides is 1. The fourth-order valence-electron chi connectivity index (χ4n) is 3.26. The molecule has 0 saturated carbocycles. The molecule has 29 heavy (non-hydrogen) atoms. The zero-order valence-electron chi connectivity index (χ0n) is 16.6. The summed E-state index contributed by atoms with van der Waals surface area (Å²) in [6.45, 7) is 3.64. The van der Waals surface area contributed by atoms with Crippen LogP contribution < -0.4 is 5.32 Å². The van der Waals surface area contributed by atoms with Crippen molar-refractivity contribution in [3.8, 4) is 11.1 Å². The van der Waals surface area contributed by atoms with Crippen molar-refractivity contribution in [1.29, 1.82) is 0 Å². The van der Waals surface area contributed by atoms with Gasteiger partial charge in [-0.1, -0.05) is 41.0 Å². The molecule has 0 aliphatic carbocycles. The highest BCUT2D eigenvalue weighted by molar-refractivity contribution is 6.33. The Morgan fingerprint density at radius 1 is 1.24 bits per heavy atom. The minimum atomic E-state index is -0.570. The van der Waals surface area contributed by atoms with Gasteiger partial charge in [0, 0.05) is 30.1 Å². The van der Waals surface area contributed by atoms with Gasteiger partial charge in [-0.3, -0.25) is 4.79 Å². The lowest BCUT2D eigenvalue weighted by molar-refractivity contribution is 0.102. The zero-order valence-corrected chi connectivity index (χ0v) is 17.3. The van der Waals surface area contributed by atoms with Gasteiger partial charge in [0.2, 0.25) is 5.95 Å². The van der Waals surface area contributed by atoms with Gasteiger partial charge < -0.3 is 14.7 Å². The van der Waals surface area contributed by atoms with Crippen molar-refractivity contribution in [3.05, 3.63) is 75.8 Å². The van der Waals surface area contributed by atoms with Crippen molar-refractivity contribution < 1.29 is 14.0 Å². The Labute approximate surface area is 173 Å². The number of aromatic nitrogens is 1. The van der Waals surface area contributed by atoms with Crippen LogP contribution in [0.3, 0.4) is 0 Å². The second-order valence-electron chi connectivity index (χ2n) is 6.69. The third-order valence-electron chi connectivity index (χ3n) is 4.63. The molecular formula is C22H21ClFN3O2. The molecule has 0 aliphatic rings. The predicted molar refractivity (Wildman–Crippen MR) is 114 cm³/mol. The van der Waals surface area contributed by atoms with E-state index in [1.165, 1.54) is 17.9 Å². The molecule has 0 atom stereocenters. The molecule has 0 unspecified atom stereocenters. The summed E-state index contributed by atoms with van der Waals surface area (Å²) in [5.74, 6) is -1.07. The minimum absolute atomic E-state index is 0.0316. The first-order valence-electron chi connectivity index (χ1n) is 8.92. The number of hydrogen-bond acceptors (Lipinski definition) is 3. The molecule has 150 valence electrons. The molecule has 0 fully saturated rings. The second-order valence-corrected chi connectivity index (χ2v) is 7.10. The van der Waals surface area contributed by atoms with Crippen molar-refractivity contribution in [2.75, 3.05) is 12.4 Å². The molecule has 1 amide bonds. The van der Waals surface area contributed by atoms with Gasteiger partial charge in [-0.25, -0.2) is 0 Å². The van der Waals surface area contributed by atoms with Crippen LogP contribution in [-0.4, -0.2) is 23.8 Å². The van der Waals surface area contributed by atoms with Crippen molar-refractivity contribution in [3.63, 3.8) is 0 Å². The van der Waals surface area contributed by atoms with Crippen molar-refractivity contribution in [2.24, 2.45) is 12.2 Å². The van der Waals surface area contributed by atoms with E-state index in [0.29, 0.717) is 21.8 Å². The maximum Gasteiger partial charge on any atom is 0.260 e. The van der Waals surface area contributed by atoms with E-state index in [1.807, 2.05) is 31.2 Å². The van der Waals surface area contributed by atoms with E-state index in [4.69, 9.17) is 16.4 Å². The van der Waals surface area contributed by atoms with Gasteiger partial charge in [0.25, 0.3) is 5.91 Å². The average molecular weight is 414 g/mol. The third kappa shape index (κ3) is 4.17. The molecule has 5 nitrogen and oxygen atoms in total. The summed E-state index contributed by atoms with van der Waals surface area (Å²) < 4.78 is 15.6. The number of benzene rings is 2. The Kier molecular flexibility index (Phi) is 6.03. The van der Waals surface area contributed by atoms with Crippen molar-refractivity contribution in [1.82, 2.24) is 4.57 Å². The van der Waals surface area contributed by atoms with Crippen LogP contribution in [0.25, 0.3) is 11.1 Å². The Morgan fingerprint density at radius 2 is 2.00 bits per heavy atom. The van der Waals surface area contributed by atoms with Gasteiger partial charge in [0.05, 0.1) is 16.8 Å². The highest BCUT2D eigenvalue weighted by atomic mass is 35.5. The average Bonchev–Trinajstić information content (AvgIpc) is 2.92. The Morgan fingerprint density at radius 3 is 2.62 bits per heavy atom. The Balaban J connectivity index is 2.01. The van der Waals surface area contributed by atoms with Crippen LogP contribution in [0.2, 0.25) is 5.02 Å². The molecule has 2 aromatic carbocycles. The summed E-state index contributed by atoms with van der Waals surface area (Å²) in [7, 11) is 3.02. The molecule has 0 bridgehead atoms. The van der Waals surface area contributed by atoms with E-state index < -0.39 is 11.9 Å². The van der Waals surface area contributed by atoms with Gasteiger partial charge in [-0.15, -0.1) is 0 Å². The highest BCUT2D eigenvalue weighted by Gasteiger charge is 2.20. The molecule has 1 heterocycles. The maximum atomic E-state index is 14.3. The summed E-state index contributed by atoms with van der Waals surface area (Å²) in [5, 5.41) is 7.07. The van der Waals surface area contributed by atoms with Crippen LogP contribution in [0.4, 0.5) is 10.1 Å². The lowest BCUT2D eigenvalue weighted by atomic mass is 9.97. The van der Waals surface area contributed by atoms with E-state index in [-0.39, 0.29) is 5.56 Å². The quantitative estimate of drug-likeness (QED) is 0.453. The molecule has 0 aliphatic heterocycles. The summed E-state index contributed by atoms with van der Waals surface area (Å²) in [6, 6.07) is 11.1. The first-order chi connectivity index (χ1) is 13.8. The smallest absolute Gasteiger partial charge is 0.260 e. The van der Waals surface area contributed by atoms with Crippen LogP contribution in [0.15, 0.2) is 47.8 Å². The number of anilines is 1. The maximum absolute atomic E-state index is 14.3. The molecule has 3 rings (SSSR count). The lowest BCUT2D eigenvalue weighted by Crippen LogP contribution is -2.15. The summed E-state index contributed by atoms with van der Waals surface area (Å²) in [5.41, 5.74) is 4.47. The highest BCUT2D eigenvalue weighted by Crippen LogP contribution is 2.34. The second kappa shape index (κ2) is 8.49. The fraction of sp³-hybridized carbons (Fsp3) is 0.182. The van der Waals surface area contributed by atoms with Crippen LogP contribution in [0.5, 0.6) is 0 Å². The van der Waals surface area contributed by atoms with Crippen LogP contribution in [0.1, 0.15) is 27.0 Å².